The van der Waals surface area contributed by atoms with E-state index >= 15 is 0 Å². The summed E-state index contributed by atoms with van der Waals surface area (Å²) in [6.45, 7) is 11.9. The van der Waals surface area contributed by atoms with E-state index in [1.165, 1.54) is 41.6 Å². The van der Waals surface area contributed by atoms with E-state index in [1.54, 1.807) is 0 Å². The van der Waals surface area contributed by atoms with Crippen LogP contribution in [-0.4, -0.2) is 46.9 Å². The number of fused-ring (bicyclic) bond motifs is 1. The number of hydrogen-bond donors (Lipinski definition) is 2. The predicted molar refractivity (Wildman–Crippen MR) is 158 cm³/mol. The van der Waals surface area contributed by atoms with Gasteiger partial charge in [-0.1, -0.05) is 49.8 Å². The van der Waals surface area contributed by atoms with Gasteiger partial charge in [0.2, 0.25) is 0 Å². The Bertz CT molecular complexity index is 1040. The summed E-state index contributed by atoms with van der Waals surface area (Å²) in [6.07, 6.45) is 10.3. The zero-order valence-corrected chi connectivity index (χ0v) is 24.0. The van der Waals surface area contributed by atoms with Gasteiger partial charge in [-0.05, 0) is 99.8 Å². The molecule has 2 unspecified atom stereocenters. The van der Waals surface area contributed by atoms with Gasteiger partial charge in [0, 0.05) is 18.8 Å². The van der Waals surface area contributed by atoms with E-state index in [4.69, 9.17) is 9.72 Å². The number of pyridine rings is 1. The molecule has 0 bridgehead atoms. The van der Waals surface area contributed by atoms with Gasteiger partial charge in [-0.15, -0.1) is 9.24 Å². The van der Waals surface area contributed by atoms with Crippen molar-refractivity contribution in [1.82, 2.24) is 9.88 Å². The summed E-state index contributed by atoms with van der Waals surface area (Å²) in [7, 11) is 3.06. The third-order valence-electron chi connectivity index (χ3n) is 7.90. The van der Waals surface area contributed by atoms with Gasteiger partial charge in [-0.2, -0.15) is 0 Å². The molecule has 2 N–H and O–H groups in total. The highest BCUT2D eigenvalue weighted by atomic mass is 31.0. The highest BCUT2D eigenvalue weighted by Gasteiger charge is 2.29. The van der Waals surface area contributed by atoms with Gasteiger partial charge in [0.05, 0.1) is 12.1 Å². The third-order valence-corrected chi connectivity index (χ3v) is 8.56. The van der Waals surface area contributed by atoms with Crippen molar-refractivity contribution < 1.29 is 9.84 Å². The number of nitrogens with one attached hydrogen (secondary N) is 1. The summed E-state index contributed by atoms with van der Waals surface area (Å²) >= 11 is 0. The maximum atomic E-state index is 10.8. The normalized spacial score (nSPS) is 18.9. The van der Waals surface area contributed by atoms with Crippen LogP contribution in [0.1, 0.15) is 92.0 Å². The minimum absolute atomic E-state index is 0.117. The minimum atomic E-state index is -0.204. The summed E-state index contributed by atoms with van der Waals surface area (Å²) in [6, 6.07) is 10.8. The Labute approximate surface area is 226 Å². The number of nitrogens with zero attached hydrogens (tertiary/aromatic N) is 2. The number of hydrogen-bond acceptors (Lipinski definition) is 5. The van der Waals surface area contributed by atoms with Gasteiger partial charge >= 0.3 is 0 Å². The van der Waals surface area contributed by atoms with Crippen molar-refractivity contribution in [2.75, 3.05) is 31.6 Å². The average Bonchev–Trinajstić information content (AvgIpc) is 3.43. The highest BCUT2D eigenvalue weighted by molar-refractivity contribution is 7.17. The van der Waals surface area contributed by atoms with E-state index in [1.807, 2.05) is 0 Å². The number of aryl methyl sites for hydroxylation is 3. The van der Waals surface area contributed by atoms with Crippen LogP contribution in [0.4, 0.5) is 5.82 Å². The lowest BCUT2D eigenvalue weighted by molar-refractivity contribution is 0.108. The van der Waals surface area contributed by atoms with Gasteiger partial charge in [-0.25, -0.2) is 4.98 Å². The van der Waals surface area contributed by atoms with Crippen LogP contribution in [0.3, 0.4) is 0 Å². The van der Waals surface area contributed by atoms with Crippen LogP contribution in [0.2, 0.25) is 0 Å². The number of unbranched alkanes of at least 4 members (excludes halogenated alkanes) is 1. The first-order valence-corrected chi connectivity index (χ1v) is 14.9. The number of likely N-dealkylation sites (N-methyl/N-ethyl adjacent to an activating group) is 1. The molecule has 1 fully saturated rings. The quantitative estimate of drug-likeness (QED) is 0.167. The molecule has 0 saturated carbocycles. The summed E-state index contributed by atoms with van der Waals surface area (Å²) in [4.78, 5) is 7.21. The molecule has 2 aliphatic rings. The molecule has 2 aliphatic heterocycles. The standard InChI is InChI=1S/C31H46N3O2P/c1-4-34(30(23(3)35)28-21-22(2)13-16-27(28)29-12-8-20-36-29)19-17-26(37)11-6-5-10-25-15-14-24-9-7-18-32-31(24)33-25/h13-16,21,26,29-30,35H,3-12,17-20,37H2,1-2H3,(H,32,33)/t26-,29+,30?/m1/s1. The van der Waals surface area contributed by atoms with Crippen LogP contribution in [0.5, 0.6) is 0 Å². The van der Waals surface area contributed by atoms with Crippen LogP contribution in [-0.2, 0) is 17.6 Å². The molecule has 1 aromatic heterocycles. The predicted octanol–water partition coefficient (Wildman–Crippen LogP) is 7.08. The number of anilines is 1. The second-order valence-electron chi connectivity index (χ2n) is 10.8. The molecular weight excluding hydrogens is 477 g/mol. The van der Waals surface area contributed by atoms with Gasteiger partial charge in [0.15, 0.2) is 0 Å². The number of benzene rings is 1. The summed E-state index contributed by atoms with van der Waals surface area (Å²) < 4.78 is 6.03. The zero-order chi connectivity index (χ0) is 26.2. The molecule has 0 radical (unpaired) electrons. The van der Waals surface area contributed by atoms with E-state index in [0.29, 0.717) is 5.66 Å². The molecule has 0 amide bonds. The van der Waals surface area contributed by atoms with Crippen LogP contribution >= 0.6 is 9.24 Å². The van der Waals surface area contributed by atoms with Crippen LogP contribution in [0, 0.1) is 6.92 Å². The molecular formula is C31H46N3O2P. The molecule has 202 valence electrons. The molecule has 4 rings (SSSR count). The monoisotopic (exact) mass is 523 g/mol. The number of rotatable bonds is 13. The van der Waals surface area contributed by atoms with Gasteiger partial charge < -0.3 is 15.2 Å². The van der Waals surface area contributed by atoms with Gasteiger partial charge in [0.25, 0.3) is 0 Å². The molecule has 4 atom stereocenters. The van der Waals surface area contributed by atoms with Crippen molar-refractivity contribution in [3.8, 4) is 0 Å². The Hall–Kier alpha value is -1.94. The van der Waals surface area contributed by atoms with Crippen LogP contribution in [0.15, 0.2) is 42.7 Å². The highest BCUT2D eigenvalue weighted by Crippen LogP contribution is 2.38. The number of ether oxygens (including phenoxy) is 1. The van der Waals surface area contributed by atoms with Gasteiger partial charge in [0.1, 0.15) is 11.6 Å². The minimum Gasteiger partial charge on any atom is -0.511 e. The molecule has 0 aliphatic carbocycles. The van der Waals surface area contributed by atoms with E-state index in [9.17, 15) is 5.11 Å². The summed E-state index contributed by atoms with van der Waals surface area (Å²) in [5, 5.41) is 14.2. The molecule has 5 nitrogen and oxygen atoms in total. The van der Waals surface area contributed by atoms with Crippen molar-refractivity contribution >= 4 is 15.1 Å². The zero-order valence-electron chi connectivity index (χ0n) is 22.8. The van der Waals surface area contributed by atoms with Gasteiger partial charge in [-0.3, -0.25) is 4.90 Å². The molecule has 1 saturated heterocycles. The smallest absolute Gasteiger partial charge is 0.129 e. The fourth-order valence-corrected chi connectivity index (χ4v) is 6.19. The Morgan fingerprint density at radius 1 is 1.24 bits per heavy atom. The lowest BCUT2D eigenvalue weighted by Gasteiger charge is -2.33. The van der Waals surface area contributed by atoms with Crippen molar-refractivity contribution in [2.24, 2.45) is 0 Å². The van der Waals surface area contributed by atoms with Crippen molar-refractivity contribution in [1.29, 1.82) is 0 Å². The topological polar surface area (TPSA) is 57.6 Å². The Morgan fingerprint density at radius 3 is 2.86 bits per heavy atom. The number of aliphatic hydroxyl groups is 1. The van der Waals surface area contributed by atoms with Crippen LogP contribution < -0.4 is 5.32 Å². The van der Waals surface area contributed by atoms with Crippen molar-refractivity contribution in [3.63, 3.8) is 0 Å². The molecule has 37 heavy (non-hydrogen) atoms. The average molecular weight is 524 g/mol. The maximum absolute atomic E-state index is 10.8. The lowest BCUT2D eigenvalue weighted by atomic mass is 9.91. The molecule has 2 aromatic rings. The third kappa shape index (κ3) is 7.56. The molecule has 1 aromatic carbocycles. The van der Waals surface area contributed by atoms with E-state index in [-0.39, 0.29) is 17.9 Å². The fraction of sp³-hybridized carbons (Fsp3) is 0.581. The van der Waals surface area contributed by atoms with E-state index in [0.717, 1.165) is 76.1 Å². The second-order valence-corrected chi connectivity index (χ2v) is 11.7. The molecule has 0 spiro atoms. The molecule has 6 heteroatoms. The first-order chi connectivity index (χ1) is 18.0. The Morgan fingerprint density at radius 2 is 2.11 bits per heavy atom. The SMILES string of the molecule is C=C(O)C(c1cc(C)ccc1[C@@H]1CCCO1)N(CC)CC[C@H](P)CCCCc1ccc2c(n1)NCCC2. The van der Waals surface area contributed by atoms with Crippen LogP contribution in [0.25, 0.3) is 0 Å². The first kappa shape index (κ1) is 28.1. The van der Waals surface area contributed by atoms with Crippen molar-refractivity contribution in [3.05, 3.63) is 70.6 Å². The summed E-state index contributed by atoms with van der Waals surface area (Å²) in [5.74, 6) is 1.32. The number of aromatic nitrogens is 1. The Balaban J connectivity index is 1.30. The first-order valence-electron chi connectivity index (χ1n) is 14.3. The number of aliphatic hydroxyl groups excluding tert-OH is 1. The van der Waals surface area contributed by atoms with Crippen molar-refractivity contribution in [2.45, 2.75) is 89.4 Å². The molecule has 3 heterocycles. The maximum Gasteiger partial charge on any atom is 0.129 e. The van der Waals surface area contributed by atoms with E-state index in [2.05, 4.69) is 70.2 Å². The van der Waals surface area contributed by atoms with E-state index < -0.39 is 0 Å². The lowest BCUT2D eigenvalue weighted by Crippen LogP contribution is -2.33. The summed E-state index contributed by atoms with van der Waals surface area (Å²) in [5.41, 5.74) is 6.67. The Kier molecular flexibility index (Phi) is 10.4. The fourth-order valence-electron chi connectivity index (χ4n) is 5.80. The second kappa shape index (κ2) is 13.7. The largest absolute Gasteiger partial charge is 0.511 e.